The number of allylic oxidation sites excluding steroid dienone is 13. The molecule has 0 aromatic heterocycles. The van der Waals surface area contributed by atoms with Gasteiger partial charge in [-0.3, -0.25) is 0 Å². The van der Waals surface area contributed by atoms with Crippen molar-refractivity contribution in [3.63, 3.8) is 0 Å². The summed E-state index contributed by atoms with van der Waals surface area (Å²) in [7, 11) is 0. The SMILES string of the molecule is CCC1=CC2CC=CC3=C2C1c1ccc(C2c4ccccc4C(C4=CC=C(C#N)CC4)C4/C=C\C/C=C\CC24)cc1O3. The van der Waals surface area contributed by atoms with E-state index in [0.29, 0.717) is 29.6 Å². The highest BCUT2D eigenvalue weighted by atomic mass is 16.5. The molecule has 1 aliphatic heterocycles. The molecule has 0 bridgehead atoms. The van der Waals surface area contributed by atoms with Gasteiger partial charge < -0.3 is 4.74 Å². The average Bonchev–Trinajstić information content (AvgIpc) is 3.41. The second kappa shape index (κ2) is 10.3. The van der Waals surface area contributed by atoms with E-state index >= 15 is 0 Å². The van der Waals surface area contributed by atoms with Gasteiger partial charge in [-0.25, -0.2) is 0 Å². The number of ether oxygens (including phenoxy) is 1. The summed E-state index contributed by atoms with van der Waals surface area (Å²) in [5, 5.41) is 9.49. The van der Waals surface area contributed by atoms with Crippen LogP contribution in [0.1, 0.15) is 85.5 Å². The number of rotatable bonds is 3. The fraction of sp³-hybridized carbons (Fsp3) is 0.325. The van der Waals surface area contributed by atoms with Gasteiger partial charge in [0.25, 0.3) is 0 Å². The average molecular weight is 548 g/mol. The summed E-state index contributed by atoms with van der Waals surface area (Å²) >= 11 is 0. The predicted molar refractivity (Wildman–Crippen MR) is 169 cm³/mol. The van der Waals surface area contributed by atoms with E-state index in [9.17, 15) is 5.26 Å². The summed E-state index contributed by atoms with van der Waals surface area (Å²) in [6.45, 7) is 2.30. The quantitative estimate of drug-likeness (QED) is 0.358. The third kappa shape index (κ3) is 3.98. The van der Waals surface area contributed by atoms with Crippen LogP contribution in [0.2, 0.25) is 0 Å². The lowest BCUT2D eigenvalue weighted by Gasteiger charge is -2.45. The Hall–Kier alpha value is -4.09. The minimum atomic E-state index is 0.285. The molecule has 0 saturated carbocycles. The third-order valence-corrected chi connectivity index (χ3v) is 10.7. The summed E-state index contributed by atoms with van der Waals surface area (Å²) in [5.41, 5.74) is 11.0. The number of nitrogens with zero attached hydrogens (tertiary/aromatic N) is 1. The molecular weight excluding hydrogens is 510 g/mol. The van der Waals surface area contributed by atoms with E-state index in [1.807, 2.05) is 0 Å². The van der Waals surface area contributed by atoms with Crippen LogP contribution in [-0.2, 0) is 0 Å². The molecule has 1 heterocycles. The highest BCUT2D eigenvalue weighted by Crippen LogP contribution is 2.57. The van der Waals surface area contributed by atoms with Crippen molar-refractivity contribution in [2.24, 2.45) is 17.8 Å². The maximum Gasteiger partial charge on any atom is 0.131 e. The summed E-state index contributed by atoms with van der Waals surface area (Å²) in [4.78, 5) is 0. The Kier molecular flexibility index (Phi) is 6.29. The second-order valence-electron chi connectivity index (χ2n) is 12.7. The first-order valence-electron chi connectivity index (χ1n) is 15.9. The number of nitriles is 1. The molecule has 208 valence electrons. The summed E-state index contributed by atoms with van der Waals surface area (Å²) in [6.07, 6.45) is 27.0. The van der Waals surface area contributed by atoms with Crippen LogP contribution in [0.15, 0.2) is 125 Å². The van der Waals surface area contributed by atoms with Crippen LogP contribution in [0.4, 0.5) is 0 Å². The standard InChI is InChI=1S/C40H37NO/c1-2-26-22-28-10-9-15-35-40(28)39(26)34-21-20-29(23-36(34)42-35)38-32-12-6-4-3-5-11-30(32)37(31-13-7-8-14-33(31)38)27-18-16-25(24-41)17-19-27/h4-9,11,13-16,18,20-23,28,30,32,37-39H,2-3,10,12,17,19H2,1H3/b6-4-,11-5-. The maximum absolute atomic E-state index is 9.49. The zero-order valence-electron chi connectivity index (χ0n) is 24.3. The van der Waals surface area contributed by atoms with E-state index in [-0.39, 0.29) is 5.92 Å². The molecule has 0 radical (unpaired) electrons. The van der Waals surface area contributed by atoms with Crippen molar-refractivity contribution >= 4 is 0 Å². The van der Waals surface area contributed by atoms with Gasteiger partial charge in [0.05, 0.1) is 6.07 Å². The van der Waals surface area contributed by atoms with Gasteiger partial charge in [0.15, 0.2) is 0 Å². The van der Waals surface area contributed by atoms with E-state index in [0.717, 1.165) is 55.6 Å². The Morgan fingerprint density at radius 1 is 0.905 bits per heavy atom. The first kappa shape index (κ1) is 25.6. The smallest absolute Gasteiger partial charge is 0.131 e. The molecule has 0 spiro atoms. The van der Waals surface area contributed by atoms with E-state index in [2.05, 4.69) is 110 Å². The van der Waals surface area contributed by atoms with Crippen molar-refractivity contribution in [3.8, 4) is 11.8 Å². The van der Waals surface area contributed by atoms with Crippen LogP contribution in [-0.4, -0.2) is 0 Å². The molecule has 8 rings (SSSR count). The summed E-state index contributed by atoms with van der Waals surface area (Å²) in [5.74, 6) is 4.43. The van der Waals surface area contributed by atoms with E-state index in [1.54, 1.807) is 5.57 Å². The molecule has 6 unspecified atom stereocenters. The van der Waals surface area contributed by atoms with Gasteiger partial charge in [0.2, 0.25) is 0 Å². The van der Waals surface area contributed by atoms with Crippen LogP contribution >= 0.6 is 0 Å². The fourth-order valence-electron chi connectivity index (χ4n) is 8.84. The Balaban J connectivity index is 1.26. The van der Waals surface area contributed by atoms with E-state index < -0.39 is 0 Å². The molecule has 0 saturated heterocycles. The molecule has 2 aromatic carbocycles. The van der Waals surface area contributed by atoms with Crippen molar-refractivity contribution in [2.75, 3.05) is 0 Å². The van der Waals surface area contributed by atoms with Crippen molar-refractivity contribution in [2.45, 2.75) is 63.2 Å². The van der Waals surface area contributed by atoms with Crippen molar-refractivity contribution in [1.82, 2.24) is 0 Å². The summed E-state index contributed by atoms with van der Waals surface area (Å²) in [6, 6.07) is 18.7. The minimum absolute atomic E-state index is 0.285. The molecular formula is C40H37NO. The third-order valence-electron chi connectivity index (χ3n) is 10.7. The van der Waals surface area contributed by atoms with Gasteiger partial charge in [0, 0.05) is 34.8 Å². The summed E-state index contributed by atoms with van der Waals surface area (Å²) < 4.78 is 6.74. The Morgan fingerprint density at radius 3 is 2.60 bits per heavy atom. The molecule has 0 amide bonds. The molecule has 2 nitrogen and oxygen atoms in total. The normalized spacial score (nSPS) is 31.9. The van der Waals surface area contributed by atoms with Gasteiger partial charge in [0.1, 0.15) is 11.5 Å². The molecule has 5 aliphatic carbocycles. The monoisotopic (exact) mass is 547 g/mol. The molecule has 2 aromatic rings. The highest BCUT2D eigenvalue weighted by molar-refractivity contribution is 5.60. The zero-order chi connectivity index (χ0) is 28.2. The predicted octanol–water partition coefficient (Wildman–Crippen LogP) is 9.88. The molecule has 42 heavy (non-hydrogen) atoms. The topological polar surface area (TPSA) is 33.0 Å². The van der Waals surface area contributed by atoms with Crippen LogP contribution < -0.4 is 4.74 Å². The van der Waals surface area contributed by atoms with Crippen molar-refractivity contribution in [3.05, 3.63) is 147 Å². The van der Waals surface area contributed by atoms with Gasteiger partial charge in [-0.15, -0.1) is 0 Å². The minimum Gasteiger partial charge on any atom is -0.457 e. The fourth-order valence-corrected chi connectivity index (χ4v) is 8.84. The van der Waals surface area contributed by atoms with Gasteiger partial charge >= 0.3 is 0 Å². The molecule has 6 aliphatic rings. The highest BCUT2D eigenvalue weighted by Gasteiger charge is 2.44. The first-order valence-corrected chi connectivity index (χ1v) is 15.9. The Morgan fingerprint density at radius 2 is 1.79 bits per heavy atom. The van der Waals surface area contributed by atoms with Crippen molar-refractivity contribution in [1.29, 1.82) is 5.26 Å². The molecule has 6 atom stereocenters. The number of benzene rings is 2. The Labute approximate surface area is 249 Å². The number of hydrogen-bond acceptors (Lipinski definition) is 2. The lowest BCUT2D eigenvalue weighted by atomic mass is 9.58. The largest absolute Gasteiger partial charge is 0.457 e. The van der Waals surface area contributed by atoms with Gasteiger partial charge in [-0.1, -0.05) is 97.0 Å². The van der Waals surface area contributed by atoms with Gasteiger partial charge in [-0.2, -0.15) is 5.26 Å². The van der Waals surface area contributed by atoms with Gasteiger partial charge in [-0.05, 0) is 90.8 Å². The van der Waals surface area contributed by atoms with E-state index in [4.69, 9.17) is 4.74 Å². The van der Waals surface area contributed by atoms with Crippen LogP contribution in [0.3, 0.4) is 0 Å². The second-order valence-corrected chi connectivity index (χ2v) is 12.7. The first-order chi connectivity index (χ1) is 20.7. The Bertz CT molecular complexity index is 1720. The van der Waals surface area contributed by atoms with Crippen LogP contribution in [0.5, 0.6) is 5.75 Å². The lowest BCUT2D eigenvalue weighted by molar-refractivity contribution is 0.298. The van der Waals surface area contributed by atoms with E-state index in [1.165, 1.54) is 33.4 Å². The lowest BCUT2D eigenvalue weighted by Crippen LogP contribution is -2.34. The molecule has 0 N–H and O–H groups in total. The van der Waals surface area contributed by atoms with Crippen molar-refractivity contribution < 1.29 is 4.74 Å². The molecule has 0 fully saturated rings. The van der Waals surface area contributed by atoms with Crippen LogP contribution in [0, 0.1) is 29.1 Å². The maximum atomic E-state index is 9.49. The van der Waals surface area contributed by atoms with Crippen LogP contribution in [0.25, 0.3) is 0 Å². The number of hydrogen-bond donors (Lipinski definition) is 0. The molecule has 2 heteroatoms. The number of fused-ring (bicyclic) bond motifs is 4. The zero-order valence-corrected chi connectivity index (χ0v) is 24.3.